The van der Waals surface area contributed by atoms with E-state index in [9.17, 15) is 0 Å². The fourth-order valence-corrected chi connectivity index (χ4v) is 5.42. The number of nitriles is 4. The fraction of sp³-hybridized carbons (Fsp3) is 0. The van der Waals surface area contributed by atoms with Crippen molar-refractivity contribution in [1.29, 1.82) is 21.0 Å². The third kappa shape index (κ3) is 4.65. The molecule has 0 aromatic carbocycles. The Bertz CT molecular complexity index is 774. The minimum atomic E-state index is 0.437. The van der Waals surface area contributed by atoms with Gasteiger partial charge >= 0.3 is 0 Å². The van der Waals surface area contributed by atoms with Crippen LogP contribution in [0.25, 0.3) is 0 Å². The summed E-state index contributed by atoms with van der Waals surface area (Å²) in [6.45, 7) is 0. The zero-order valence-electron chi connectivity index (χ0n) is 11.9. The van der Waals surface area contributed by atoms with Crippen LogP contribution in [0.1, 0.15) is 0 Å². The zero-order chi connectivity index (χ0) is 17.4. The van der Waals surface area contributed by atoms with E-state index in [0.29, 0.717) is 19.6 Å². The van der Waals surface area contributed by atoms with Crippen LogP contribution in [0.3, 0.4) is 0 Å². The van der Waals surface area contributed by atoms with Crippen LogP contribution in [0.4, 0.5) is 0 Å². The highest BCUT2D eigenvalue weighted by Crippen LogP contribution is 2.49. The lowest BCUT2D eigenvalue weighted by Gasteiger charge is -1.89. The highest BCUT2D eigenvalue weighted by atomic mass is 32.2. The summed E-state index contributed by atoms with van der Waals surface area (Å²) in [5.41, 5.74) is 0. The largest absolute Gasteiger partial charge is 0.192 e. The number of thioether (sulfide) groups is 4. The Morgan fingerprint density at radius 2 is 0.792 bits per heavy atom. The monoisotopic (exact) mass is 382 g/mol. The van der Waals surface area contributed by atoms with Gasteiger partial charge in [-0.05, 0) is 12.2 Å². The maximum Gasteiger partial charge on any atom is 0.115 e. The van der Waals surface area contributed by atoms with Crippen molar-refractivity contribution in [3.05, 3.63) is 64.6 Å². The number of hydrogen-bond donors (Lipinski definition) is 0. The predicted octanol–water partition coefficient (Wildman–Crippen LogP) is 5.26. The molecule has 8 heteroatoms. The van der Waals surface area contributed by atoms with Gasteiger partial charge in [-0.15, -0.1) is 0 Å². The summed E-state index contributed by atoms with van der Waals surface area (Å²) in [5.74, 6) is 0. The Morgan fingerprint density at radius 3 is 1.04 bits per heavy atom. The molecule has 0 aromatic heterocycles. The minimum absolute atomic E-state index is 0.437. The Balaban J connectivity index is 1.88. The number of nitrogens with zero attached hydrogens (tertiary/aromatic N) is 4. The third-order valence-electron chi connectivity index (χ3n) is 2.43. The van der Waals surface area contributed by atoms with E-state index in [1.54, 1.807) is 0 Å². The third-order valence-corrected chi connectivity index (χ3v) is 7.03. The van der Waals surface area contributed by atoms with Gasteiger partial charge in [0.2, 0.25) is 0 Å². The standard InChI is InChI=1S/C16H6N4S4/c17-7-11-12(8-18)22-15(21-11)5-3-1-2-4-6-16-23-13(9-19)14(10-20)24-16/h1-6H/b3-1+,4-2+. The van der Waals surface area contributed by atoms with E-state index in [1.807, 2.05) is 60.7 Å². The Hall–Kier alpha value is -2.20. The van der Waals surface area contributed by atoms with Gasteiger partial charge in [0.05, 0.1) is 8.47 Å². The molecule has 0 bridgehead atoms. The molecular formula is C16H6N4S4. The molecule has 0 spiro atoms. The van der Waals surface area contributed by atoms with Crippen molar-refractivity contribution in [2.45, 2.75) is 0 Å². The average molecular weight is 383 g/mol. The van der Waals surface area contributed by atoms with Crippen molar-refractivity contribution in [2.75, 3.05) is 0 Å². The molecule has 2 heterocycles. The summed E-state index contributed by atoms with van der Waals surface area (Å²) in [6.07, 6.45) is 11.0. The Kier molecular flexibility index (Phi) is 6.94. The van der Waals surface area contributed by atoms with Crippen LogP contribution >= 0.6 is 47.0 Å². The quantitative estimate of drug-likeness (QED) is 0.610. The maximum atomic E-state index is 8.90. The molecule has 2 aliphatic heterocycles. The van der Waals surface area contributed by atoms with Gasteiger partial charge in [0.25, 0.3) is 0 Å². The predicted molar refractivity (Wildman–Crippen MR) is 101 cm³/mol. The molecule has 2 rings (SSSR count). The molecule has 114 valence electrons. The fourth-order valence-electron chi connectivity index (χ4n) is 1.46. The van der Waals surface area contributed by atoms with Gasteiger partial charge in [0.15, 0.2) is 0 Å². The highest BCUT2D eigenvalue weighted by molar-refractivity contribution is 8.29. The van der Waals surface area contributed by atoms with Gasteiger partial charge in [-0.1, -0.05) is 71.4 Å². The lowest BCUT2D eigenvalue weighted by Crippen LogP contribution is -1.66. The van der Waals surface area contributed by atoms with Crippen molar-refractivity contribution in [2.24, 2.45) is 0 Å². The molecule has 4 nitrogen and oxygen atoms in total. The van der Waals surface area contributed by atoms with Crippen LogP contribution in [0.5, 0.6) is 0 Å². The van der Waals surface area contributed by atoms with Gasteiger partial charge < -0.3 is 0 Å². The molecule has 0 saturated heterocycles. The van der Waals surface area contributed by atoms with E-state index in [1.165, 1.54) is 47.0 Å². The second-order valence-corrected chi connectivity index (χ2v) is 8.64. The summed E-state index contributed by atoms with van der Waals surface area (Å²) >= 11 is 5.17. The summed E-state index contributed by atoms with van der Waals surface area (Å²) in [5, 5.41) is 35.6. The highest BCUT2D eigenvalue weighted by Gasteiger charge is 2.20. The first-order valence-corrected chi connectivity index (χ1v) is 9.54. The smallest absolute Gasteiger partial charge is 0.115 e. The Labute approximate surface area is 156 Å². The molecule has 2 aliphatic rings. The lowest BCUT2D eigenvalue weighted by molar-refractivity contribution is 1.50. The molecule has 0 atom stereocenters. The van der Waals surface area contributed by atoms with E-state index in [0.717, 1.165) is 8.47 Å². The zero-order valence-corrected chi connectivity index (χ0v) is 15.2. The normalized spacial score (nSPS) is 17.2. The molecular weight excluding hydrogens is 376 g/mol. The molecule has 0 radical (unpaired) electrons. The maximum absolute atomic E-state index is 8.90. The second kappa shape index (κ2) is 9.18. The summed E-state index contributed by atoms with van der Waals surface area (Å²) in [6, 6.07) is 8.05. The molecule has 0 fully saturated rings. The van der Waals surface area contributed by atoms with Gasteiger partial charge in [-0.3, -0.25) is 0 Å². The minimum Gasteiger partial charge on any atom is -0.192 e. The van der Waals surface area contributed by atoms with Crippen molar-refractivity contribution in [3.63, 3.8) is 0 Å². The first-order valence-electron chi connectivity index (χ1n) is 6.27. The van der Waals surface area contributed by atoms with E-state index in [4.69, 9.17) is 21.0 Å². The van der Waals surface area contributed by atoms with E-state index < -0.39 is 0 Å². The average Bonchev–Trinajstić information content (AvgIpc) is 3.20. The van der Waals surface area contributed by atoms with Gasteiger partial charge in [0, 0.05) is 0 Å². The SMILES string of the molecule is N#CC1=C(C#N)SC(=C/C=C/C=C/C=C2SC(C#N)=C(C#N)S2)S1. The van der Waals surface area contributed by atoms with Crippen LogP contribution in [-0.4, -0.2) is 0 Å². The van der Waals surface area contributed by atoms with Gasteiger partial charge in [-0.2, -0.15) is 21.0 Å². The first-order chi connectivity index (χ1) is 11.7. The van der Waals surface area contributed by atoms with Crippen molar-refractivity contribution in [3.8, 4) is 24.3 Å². The summed E-state index contributed by atoms with van der Waals surface area (Å²) < 4.78 is 1.77. The van der Waals surface area contributed by atoms with Crippen molar-refractivity contribution >= 4 is 47.0 Å². The first kappa shape index (κ1) is 18.1. The van der Waals surface area contributed by atoms with Crippen LogP contribution < -0.4 is 0 Å². The summed E-state index contributed by atoms with van der Waals surface area (Å²) in [7, 11) is 0. The van der Waals surface area contributed by atoms with E-state index in [2.05, 4.69) is 0 Å². The van der Waals surface area contributed by atoms with Gasteiger partial charge in [-0.25, -0.2) is 0 Å². The summed E-state index contributed by atoms with van der Waals surface area (Å²) in [4.78, 5) is 1.75. The van der Waals surface area contributed by atoms with Crippen LogP contribution in [0, 0.1) is 45.3 Å². The van der Waals surface area contributed by atoms with E-state index in [-0.39, 0.29) is 0 Å². The van der Waals surface area contributed by atoms with Gasteiger partial charge in [0.1, 0.15) is 43.9 Å². The molecule has 0 saturated carbocycles. The van der Waals surface area contributed by atoms with Crippen LogP contribution in [-0.2, 0) is 0 Å². The van der Waals surface area contributed by atoms with Crippen molar-refractivity contribution in [1.82, 2.24) is 0 Å². The Morgan fingerprint density at radius 1 is 0.500 bits per heavy atom. The number of rotatable bonds is 3. The molecule has 0 aromatic rings. The number of hydrogen-bond acceptors (Lipinski definition) is 8. The molecule has 0 unspecified atom stereocenters. The topological polar surface area (TPSA) is 95.2 Å². The molecule has 0 N–H and O–H groups in total. The van der Waals surface area contributed by atoms with Crippen molar-refractivity contribution < 1.29 is 0 Å². The molecule has 0 aliphatic carbocycles. The number of allylic oxidation sites excluding steroid dienone is 10. The molecule has 0 amide bonds. The van der Waals surface area contributed by atoms with E-state index >= 15 is 0 Å². The second-order valence-electron chi connectivity index (χ2n) is 3.91. The molecule has 24 heavy (non-hydrogen) atoms. The van der Waals surface area contributed by atoms with Crippen LogP contribution in [0.15, 0.2) is 64.6 Å². The van der Waals surface area contributed by atoms with Crippen LogP contribution in [0.2, 0.25) is 0 Å². The lowest BCUT2D eigenvalue weighted by atomic mass is 10.4.